The van der Waals surface area contributed by atoms with Crippen LogP contribution in [0, 0.1) is 0 Å². The minimum absolute atomic E-state index is 0. The van der Waals surface area contributed by atoms with Gasteiger partial charge >= 0.3 is 59.1 Å². The zero-order valence-electron chi connectivity index (χ0n) is 23.6. The maximum absolute atomic E-state index is 10.1. The molecule has 0 aliphatic rings. The van der Waals surface area contributed by atoms with E-state index in [0.29, 0.717) is 12.8 Å². The topological polar surface area (TPSA) is 133 Å². The standard InChI is InChI=1S/2C12H26O4S.2Na/c2*1-2-3-4-5-6-7-8-9-10-11-12-16-17(13,14)15;;/h2*2-12H2,1H3,(H,13,14,15);;/q;;2*+1/p-2. The summed E-state index contributed by atoms with van der Waals surface area (Å²) >= 11 is 0. The first-order valence-electron chi connectivity index (χ1n) is 13.3. The third-order valence-electron chi connectivity index (χ3n) is 5.45. The third-order valence-corrected chi connectivity index (χ3v) is 6.36. The Kier molecular flexibility index (Phi) is 41.0. The Bertz CT molecular complexity index is 564. The van der Waals surface area contributed by atoms with Crippen molar-refractivity contribution in [3.8, 4) is 0 Å². The number of unbranched alkanes of at least 4 members (excludes halogenated alkanes) is 18. The van der Waals surface area contributed by atoms with E-state index in [0.717, 1.165) is 25.7 Å². The van der Waals surface area contributed by atoms with Crippen molar-refractivity contribution in [3.63, 3.8) is 0 Å². The van der Waals surface area contributed by atoms with E-state index in [4.69, 9.17) is 0 Å². The Morgan fingerprint density at radius 3 is 0.806 bits per heavy atom. The molecule has 0 radical (unpaired) electrons. The summed E-state index contributed by atoms with van der Waals surface area (Å²) in [5.41, 5.74) is 0. The molecule has 0 N–H and O–H groups in total. The van der Waals surface area contributed by atoms with E-state index in [-0.39, 0.29) is 72.3 Å². The van der Waals surface area contributed by atoms with Gasteiger partial charge in [-0.05, 0) is 12.8 Å². The maximum Gasteiger partial charge on any atom is 1.00 e. The predicted octanol–water partition coefficient (Wildman–Crippen LogP) is 0.776. The van der Waals surface area contributed by atoms with Gasteiger partial charge in [0.25, 0.3) is 0 Å². The Morgan fingerprint density at radius 2 is 0.611 bits per heavy atom. The van der Waals surface area contributed by atoms with Crippen molar-refractivity contribution in [1.29, 1.82) is 0 Å². The molecule has 0 atom stereocenters. The largest absolute Gasteiger partial charge is 1.00 e. The summed E-state index contributed by atoms with van der Waals surface area (Å²) in [7, 11) is -8.97. The van der Waals surface area contributed by atoms with E-state index in [9.17, 15) is 25.9 Å². The number of hydrogen-bond acceptors (Lipinski definition) is 8. The SMILES string of the molecule is CCCCCCCCCCCCOS(=O)(=O)[O-].CCCCCCCCCCCCOS(=O)(=O)[O-].[Na+].[Na+]. The van der Waals surface area contributed by atoms with Gasteiger partial charge in [0, 0.05) is 0 Å². The van der Waals surface area contributed by atoms with Gasteiger partial charge in [-0.1, -0.05) is 129 Å². The summed E-state index contributed by atoms with van der Waals surface area (Å²) in [4.78, 5) is 0. The van der Waals surface area contributed by atoms with Crippen LogP contribution >= 0.6 is 0 Å². The molecule has 36 heavy (non-hydrogen) atoms. The van der Waals surface area contributed by atoms with Crippen molar-refractivity contribution in [1.82, 2.24) is 0 Å². The molecule has 0 saturated carbocycles. The van der Waals surface area contributed by atoms with Crippen molar-refractivity contribution in [2.75, 3.05) is 13.2 Å². The molecule has 12 heteroatoms. The molecule has 0 spiro atoms. The van der Waals surface area contributed by atoms with Gasteiger partial charge in [-0.15, -0.1) is 0 Å². The molecule has 0 aromatic rings. The normalized spacial score (nSPS) is 11.2. The van der Waals surface area contributed by atoms with Crippen LogP contribution in [0.15, 0.2) is 0 Å². The second kappa shape index (κ2) is 32.9. The smallest absolute Gasteiger partial charge is 0.726 e. The van der Waals surface area contributed by atoms with Crippen molar-refractivity contribution >= 4 is 20.8 Å². The zero-order chi connectivity index (χ0) is 26.0. The Morgan fingerprint density at radius 1 is 0.417 bits per heavy atom. The summed E-state index contributed by atoms with van der Waals surface area (Å²) in [6, 6.07) is 0. The second-order valence-corrected chi connectivity index (χ2v) is 10.9. The van der Waals surface area contributed by atoms with Gasteiger partial charge in [0.05, 0.1) is 13.2 Å². The molecule has 8 nitrogen and oxygen atoms in total. The second-order valence-electron chi connectivity index (χ2n) is 8.82. The van der Waals surface area contributed by atoms with Crippen molar-refractivity contribution in [2.24, 2.45) is 0 Å². The van der Waals surface area contributed by atoms with E-state index in [2.05, 4.69) is 22.2 Å². The van der Waals surface area contributed by atoms with Crippen LogP contribution in [0.1, 0.15) is 142 Å². The number of hydrogen-bond donors (Lipinski definition) is 0. The molecule has 0 heterocycles. The molecule has 0 aliphatic carbocycles. The average Bonchev–Trinajstić information content (AvgIpc) is 2.75. The van der Waals surface area contributed by atoms with Crippen molar-refractivity contribution in [2.45, 2.75) is 142 Å². The van der Waals surface area contributed by atoms with Gasteiger partial charge in [0.2, 0.25) is 20.8 Å². The van der Waals surface area contributed by atoms with Crippen LogP contribution < -0.4 is 59.1 Å². The van der Waals surface area contributed by atoms with Crippen LogP contribution in [-0.2, 0) is 29.2 Å². The maximum atomic E-state index is 10.1. The molecule has 0 aliphatic heterocycles. The molecule has 0 unspecified atom stereocenters. The summed E-state index contributed by atoms with van der Waals surface area (Å²) in [5.74, 6) is 0. The van der Waals surface area contributed by atoms with Gasteiger partial charge in [-0.25, -0.2) is 16.8 Å². The molecule has 0 bridgehead atoms. The van der Waals surface area contributed by atoms with Gasteiger partial charge in [-0.3, -0.25) is 8.37 Å². The van der Waals surface area contributed by atoms with Gasteiger partial charge in [-0.2, -0.15) is 0 Å². The van der Waals surface area contributed by atoms with Gasteiger partial charge in [0.1, 0.15) is 0 Å². The van der Waals surface area contributed by atoms with Gasteiger partial charge < -0.3 is 9.11 Å². The molecular formula is C24H50Na2O8S2. The van der Waals surface area contributed by atoms with Crippen LogP contribution in [0.4, 0.5) is 0 Å². The first-order valence-corrected chi connectivity index (χ1v) is 16.0. The number of rotatable bonds is 24. The van der Waals surface area contributed by atoms with Gasteiger partial charge in [0.15, 0.2) is 0 Å². The molecule has 0 aromatic heterocycles. The van der Waals surface area contributed by atoms with E-state index < -0.39 is 20.8 Å². The Labute approximate surface area is 267 Å². The summed E-state index contributed by atoms with van der Waals surface area (Å²) in [5, 5.41) is 0. The molecule has 0 aromatic carbocycles. The Balaban J connectivity index is -0.000000269. The fourth-order valence-electron chi connectivity index (χ4n) is 3.50. The third kappa shape index (κ3) is 48.8. The quantitative estimate of drug-likeness (QED) is 0.0713. The minimum atomic E-state index is -4.48. The summed E-state index contributed by atoms with van der Waals surface area (Å²) in [6.45, 7) is 4.49. The Hall–Kier alpha value is 1.74. The average molecular weight is 577 g/mol. The first kappa shape index (κ1) is 44.7. The molecular weight excluding hydrogens is 526 g/mol. The van der Waals surface area contributed by atoms with Crippen LogP contribution in [0.3, 0.4) is 0 Å². The predicted molar refractivity (Wildman–Crippen MR) is 135 cm³/mol. The van der Waals surface area contributed by atoms with Crippen LogP contribution in [0.5, 0.6) is 0 Å². The van der Waals surface area contributed by atoms with Crippen LogP contribution in [-0.4, -0.2) is 39.2 Å². The van der Waals surface area contributed by atoms with Crippen LogP contribution in [0.25, 0.3) is 0 Å². The van der Waals surface area contributed by atoms with Crippen molar-refractivity contribution in [3.05, 3.63) is 0 Å². The first-order chi connectivity index (χ1) is 16.1. The van der Waals surface area contributed by atoms with E-state index in [1.165, 1.54) is 89.9 Å². The zero-order valence-corrected chi connectivity index (χ0v) is 29.3. The molecule has 0 fully saturated rings. The molecule has 208 valence electrons. The van der Waals surface area contributed by atoms with Crippen LogP contribution in [0.2, 0.25) is 0 Å². The minimum Gasteiger partial charge on any atom is -0.726 e. The molecule has 0 amide bonds. The monoisotopic (exact) mass is 576 g/mol. The molecule has 0 saturated heterocycles. The summed E-state index contributed by atoms with van der Waals surface area (Å²) in [6.07, 6.45) is 23.4. The van der Waals surface area contributed by atoms with E-state index in [1.54, 1.807) is 0 Å². The fraction of sp³-hybridized carbons (Fsp3) is 1.00. The van der Waals surface area contributed by atoms with E-state index >= 15 is 0 Å². The molecule has 0 rings (SSSR count). The van der Waals surface area contributed by atoms with E-state index in [1.807, 2.05) is 0 Å². The van der Waals surface area contributed by atoms with Crippen molar-refractivity contribution < 1.29 is 93.4 Å². The summed E-state index contributed by atoms with van der Waals surface area (Å²) < 4.78 is 68.9. The fourth-order valence-corrected chi connectivity index (χ4v) is 4.14.